The van der Waals surface area contributed by atoms with E-state index in [-0.39, 0.29) is 18.1 Å². The monoisotopic (exact) mass is 266 g/mol. The minimum atomic E-state index is -3.09. The predicted octanol–water partition coefficient (Wildman–Crippen LogP) is -1.02. The summed E-state index contributed by atoms with van der Waals surface area (Å²) in [5.41, 5.74) is 5.61. The molecule has 0 aliphatic heterocycles. The van der Waals surface area contributed by atoms with Gasteiger partial charge in [0, 0.05) is 19.8 Å². The highest BCUT2D eigenvalue weighted by Gasteiger charge is 2.19. The lowest BCUT2D eigenvalue weighted by Gasteiger charge is -2.21. The first-order chi connectivity index (χ1) is 7.63. The Morgan fingerprint density at radius 1 is 1.41 bits per heavy atom. The molecule has 0 rings (SSSR count). The number of carbonyl (C=O) groups excluding carboxylic acids is 1. The summed E-state index contributed by atoms with van der Waals surface area (Å²) in [6.45, 7) is 2.05. The van der Waals surface area contributed by atoms with E-state index in [1.807, 2.05) is 0 Å². The van der Waals surface area contributed by atoms with Crippen LogP contribution in [0.5, 0.6) is 0 Å². The second-order valence-corrected chi connectivity index (χ2v) is 6.68. The molecule has 2 atom stereocenters. The lowest BCUT2D eigenvalue weighted by atomic mass is 10.2. The summed E-state index contributed by atoms with van der Waals surface area (Å²) < 4.78 is 21.9. The molecular formula is C10H22N2O4S. The van der Waals surface area contributed by atoms with E-state index in [1.54, 1.807) is 14.0 Å². The Labute approximate surface area is 103 Å². The second-order valence-electron chi connectivity index (χ2n) is 4.42. The molecule has 0 aromatic rings. The van der Waals surface area contributed by atoms with Gasteiger partial charge < -0.3 is 15.7 Å². The van der Waals surface area contributed by atoms with Crippen molar-refractivity contribution in [3.63, 3.8) is 0 Å². The predicted molar refractivity (Wildman–Crippen MR) is 66.2 cm³/mol. The minimum Gasteiger partial charge on any atom is -0.393 e. The number of amides is 1. The number of nitrogens with two attached hydrogens (primary N) is 1. The lowest BCUT2D eigenvalue weighted by Crippen LogP contribution is -2.43. The van der Waals surface area contributed by atoms with Gasteiger partial charge in [0.15, 0.2) is 0 Å². The zero-order valence-electron chi connectivity index (χ0n) is 10.6. The average molecular weight is 266 g/mol. The van der Waals surface area contributed by atoms with E-state index >= 15 is 0 Å². The third kappa shape index (κ3) is 8.12. The number of likely N-dealkylation sites (N-methyl/N-ethyl adjacent to an activating group) is 1. The van der Waals surface area contributed by atoms with E-state index in [0.717, 1.165) is 6.26 Å². The van der Waals surface area contributed by atoms with Crippen molar-refractivity contribution in [3.05, 3.63) is 0 Å². The SMILES string of the molecule is CC(O)CCN(C)C(=O)C(N)CCS(C)(=O)=O. The molecule has 17 heavy (non-hydrogen) atoms. The summed E-state index contributed by atoms with van der Waals surface area (Å²) in [5, 5.41) is 9.08. The fourth-order valence-electron chi connectivity index (χ4n) is 1.24. The number of rotatable bonds is 7. The van der Waals surface area contributed by atoms with Crippen molar-refractivity contribution < 1.29 is 18.3 Å². The summed E-state index contributed by atoms with van der Waals surface area (Å²) in [4.78, 5) is 13.1. The number of aliphatic hydroxyl groups is 1. The van der Waals surface area contributed by atoms with E-state index < -0.39 is 22.0 Å². The van der Waals surface area contributed by atoms with Crippen molar-refractivity contribution in [1.29, 1.82) is 0 Å². The number of nitrogens with zero attached hydrogens (tertiary/aromatic N) is 1. The smallest absolute Gasteiger partial charge is 0.239 e. The van der Waals surface area contributed by atoms with Gasteiger partial charge in [0.25, 0.3) is 0 Å². The maximum atomic E-state index is 11.7. The highest BCUT2D eigenvalue weighted by molar-refractivity contribution is 7.90. The van der Waals surface area contributed by atoms with Gasteiger partial charge in [-0.25, -0.2) is 8.42 Å². The molecule has 0 aliphatic rings. The van der Waals surface area contributed by atoms with Crippen molar-refractivity contribution in [2.24, 2.45) is 5.73 Å². The molecule has 0 spiro atoms. The van der Waals surface area contributed by atoms with Crippen LogP contribution in [-0.4, -0.2) is 62.1 Å². The van der Waals surface area contributed by atoms with E-state index in [1.165, 1.54) is 4.90 Å². The molecule has 0 radical (unpaired) electrons. The van der Waals surface area contributed by atoms with Gasteiger partial charge in [-0.1, -0.05) is 0 Å². The van der Waals surface area contributed by atoms with Crippen LogP contribution >= 0.6 is 0 Å². The summed E-state index contributed by atoms with van der Waals surface area (Å²) in [6.07, 6.45) is 1.23. The van der Waals surface area contributed by atoms with Gasteiger partial charge in [-0.05, 0) is 19.8 Å². The van der Waals surface area contributed by atoms with Crippen LogP contribution in [0, 0.1) is 0 Å². The van der Waals surface area contributed by atoms with Crippen LogP contribution in [0.25, 0.3) is 0 Å². The van der Waals surface area contributed by atoms with Gasteiger partial charge in [0.1, 0.15) is 9.84 Å². The Morgan fingerprint density at radius 3 is 2.35 bits per heavy atom. The van der Waals surface area contributed by atoms with Crippen molar-refractivity contribution in [2.75, 3.05) is 25.6 Å². The first-order valence-corrected chi connectivity index (χ1v) is 7.56. The third-order valence-electron chi connectivity index (χ3n) is 2.38. The number of hydrogen-bond acceptors (Lipinski definition) is 5. The van der Waals surface area contributed by atoms with Gasteiger partial charge in [0.2, 0.25) is 5.91 Å². The molecule has 0 saturated heterocycles. The Bertz CT molecular complexity index is 340. The van der Waals surface area contributed by atoms with Crippen LogP contribution in [0.3, 0.4) is 0 Å². The maximum absolute atomic E-state index is 11.7. The van der Waals surface area contributed by atoms with Crippen LogP contribution in [0.1, 0.15) is 19.8 Å². The molecule has 102 valence electrons. The van der Waals surface area contributed by atoms with Crippen LogP contribution in [0.15, 0.2) is 0 Å². The Morgan fingerprint density at radius 2 is 1.94 bits per heavy atom. The molecule has 0 heterocycles. The largest absolute Gasteiger partial charge is 0.393 e. The molecule has 0 fully saturated rings. The van der Waals surface area contributed by atoms with Crippen LogP contribution in [-0.2, 0) is 14.6 Å². The molecule has 0 bridgehead atoms. The molecule has 0 aliphatic carbocycles. The molecule has 3 N–H and O–H groups in total. The summed E-state index contributed by atoms with van der Waals surface area (Å²) in [6, 6.07) is -0.802. The zero-order valence-corrected chi connectivity index (χ0v) is 11.4. The first-order valence-electron chi connectivity index (χ1n) is 5.50. The maximum Gasteiger partial charge on any atom is 0.239 e. The fourth-order valence-corrected chi connectivity index (χ4v) is 1.92. The minimum absolute atomic E-state index is 0.0931. The highest BCUT2D eigenvalue weighted by atomic mass is 32.2. The molecule has 1 amide bonds. The standard InChI is InChI=1S/C10H22N2O4S/c1-8(13)4-6-12(2)10(14)9(11)5-7-17(3,15)16/h8-9,13H,4-7,11H2,1-3H3. The summed E-state index contributed by atoms with van der Waals surface area (Å²) in [5.74, 6) is -0.390. The van der Waals surface area contributed by atoms with E-state index in [9.17, 15) is 13.2 Å². The lowest BCUT2D eigenvalue weighted by molar-refractivity contribution is -0.131. The van der Waals surface area contributed by atoms with E-state index in [2.05, 4.69) is 0 Å². The van der Waals surface area contributed by atoms with Crippen molar-refractivity contribution >= 4 is 15.7 Å². The van der Waals surface area contributed by atoms with Gasteiger partial charge in [-0.15, -0.1) is 0 Å². The van der Waals surface area contributed by atoms with Crippen molar-refractivity contribution in [2.45, 2.75) is 31.9 Å². The second kappa shape index (κ2) is 6.93. The molecule has 0 aromatic heterocycles. The fraction of sp³-hybridized carbons (Fsp3) is 0.900. The average Bonchev–Trinajstić information content (AvgIpc) is 2.20. The topological polar surface area (TPSA) is 101 Å². The van der Waals surface area contributed by atoms with Gasteiger partial charge >= 0.3 is 0 Å². The highest BCUT2D eigenvalue weighted by Crippen LogP contribution is 2.00. The summed E-state index contributed by atoms with van der Waals surface area (Å²) in [7, 11) is -1.51. The quantitative estimate of drug-likeness (QED) is 0.614. The zero-order chi connectivity index (χ0) is 13.6. The van der Waals surface area contributed by atoms with E-state index in [0.29, 0.717) is 13.0 Å². The van der Waals surface area contributed by atoms with Crippen molar-refractivity contribution in [1.82, 2.24) is 4.90 Å². The van der Waals surface area contributed by atoms with Gasteiger partial charge in [-0.2, -0.15) is 0 Å². The number of sulfone groups is 1. The molecule has 0 saturated carbocycles. The number of carbonyl (C=O) groups is 1. The number of hydrogen-bond donors (Lipinski definition) is 2. The first kappa shape index (κ1) is 16.3. The number of aliphatic hydroxyl groups excluding tert-OH is 1. The van der Waals surface area contributed by atoms with Gasteiger partial charge in [-0.3, -0.25) is 4.79 Å². The Balaban J connectivity index is 4.11. The molecular weight excluding hydrogens is 244 g/mol. The summed E-state index contributed by atoms with van der Waals surface area (Å²) >= 11 is 0. The van der Waals surface area contributed by atoms with Crippen molar-refractivity contribution in [3.8, 4) is 0 Å². The van der Waals surface area contributed by atoms with Gasteiger partial charge in [0.05, 0.1) is 17.9 Å². The molecule has 0 aromatic carbocycles. The normalized spacial score (nSPS) is 15.4. The molecule has 7 heteroatoms. The van der Waals surface area contributed by atoms with Crippen LogP contribution in [0.2, 0.25) is 0 Å². The van der Waals surface area contributed by atoms with Crippen LogP contribution < -0.4 is 5.73 Å². The Hall–Kier alpha value is -0.660. The third-order valence-corrected chi connectivity index (χ3v) is 3.35. The van der Waals surface area contributed by atoms with E-state index in [4.69, 9.17) is 10.8 Å². The molecule has 6 nitrogen and oxygen atoms in total. The van der Waals surface area contributed by atoms with Crippen LogP contribution in [0.4, 0.5) is 0 Å². The molecule has 2 unspecified atom stereocenters. The Kier molecular flexibility index (Phi) is 6.66.